The smallest absolute Gasteiger partial charge is 0.246 e. The number of amides is 1. The molecule has 0 radical (unpaired) electrons. The minimum Gasteiger partial charge on any atom is -0.357 e. The first-order valence-corrected chi connectivity index (χ1v) is 9.52. The Morgan fingerprint density at radius 3 is 2.86 bits per heavy atom. The van der Waals surface area contributed by atoms with Crippen LogP contribution in [0.3, 0.4) is 0 Å². The van der Waals surface area contributed by atoms with Crippen molar-refractivity contribution in [2.45, 2.75) is 19.9 Å². The molecular weight excluding hydrogens is 352 g/mol. The van der Waals surface area contributed by atoms with Crippen LogP contribution in [0.5, 0.6) is 0 Å². The molecule has 0 atom stereocenters. The molecule has 1 amide bonds. The van der Waals surface area contributed by atoms with Crippen molar-refractivity contribution in [3.05, 3.63) is 61.1 Å². The van der Waals surface area contributed by atoms with Crippen LogP contribution in [0.25, 0.3) is 10.9 Å². The predicted molar refractivity (Wildman–Crippen MR) is 113 cm³/mol. The normalized spacial score (nSPS) is 11.4. The number of nitrogens with zero attached hydrogens (tertiary/aromatic N) is 3. The Balaban J connectivity index is 1.46. The zero-order valence-electron chi connectivity index (χ0n) is 16.1. The van der Waals surface area contributed by atoms with E-state index in [0.29, 0.717) is 11.6 Å². The number of carbonyl (C=O) groups is 1. The lowest BCUT2D eigenvalue weighted by molar-refractivity contribution is -0.114. The van der Waals surface area contributed by atoms with Gasteiger partial charge in [0.2, 0.25) is 5.91 Å². The third-order valence-electron chi connectivity index (χ3n) is 4.22. The Morgan fingerprint density at radius 1 is 1.14 bits per heavy atom. The van der Waals surface area contributed by atoms with Crippen molar-refractivity contribution in [1.29, 1.82) is 0 Å². The van der Waals surface area contributed by atoms with Crippen molar-refractivity contribution in [3.8, 4) is 0 Å². The van der Waals surface area contributed by atoms with Crippen LogP contribution < -0.4 is 16.0 Å². The highest BCUT2D eigenvalue weighted by atomic mass is 16.1. The zero-order chi connectivity index (χ0) is 19.6. The number of rotatable bonds is 8. The van der Waals surface area contributed by atoms with Gasteiger partial charge in [0.25, 0.3) is 0 Å². The molecule has 3 rings (SSSR count). The van der Waals surface area contributed by atoms with Crippen LogP contribution in [0.15, 0.2) is 66.0 Å². The van der Waals surface area contributed by atoms with Gasteiger partial charge in [-0.15, -0.1) is 0 Å². The fourth-order valence-corrected chi connectivity index (χ4v) is 2.92. The third kappa shape index (κ3) is 5.57. The number of fused-ring (bicyclic) bond motifs is 1. The first kappa shape index (κ1) is 19.4. The van der Waals surface area contributed by atoms with E-state index in [2.05, 4.69) is 67.0 Å². The van der Waals surface area contributed by atoms with Gasteiger partial charge < -0.3 is 20.5 Å². The summed E-state index contributed by atoms with van der Waals surface area (Å²) in [6.45, 7) is 4.47. The van der Waals surface area contributed by atoms with Gasteiger partial charge in [0.15, 0.2) is 5.96 Å². The summed E-state index contributed by atoms with van der Waals surface area (Å²) in [6, 6.07) is 14.1. The number of benzene rings is 1. The molecule has 3 aromatic rings. The Bertz CT molecular complexity index is 919. The van der Waals surface area contributed by atoms with Crippen LogP contribution >= 0.6 is 0 Å². The summed E-state index contributed by atoms with van der Waals surface area (Å²) in [5.41, 5.74) is 1.91. The first-order valence-electron chi connectivity index (χ1n) is 9.52. The van der Waals surface area contributed by atoms with Crippen molar-refractivity contribution in [2.75, 3.05) is 25.0 Å². The highest BCUT2D eigenvalue weighted by Crippen LogP contribution is 2.15. The molecule has 0 saturated carbocycles. The fraction of sp³-hybridized carbons (Fsp3) is 0.286. The molecule has 3 N–H and O–H groups in total. The van der Waals surface area contributed by atoms with Crippen LogP contribution in [-0.2, 0) is 11.3 Å². The maximum atomic E-state index is 12.0. The van der Waals surface area contributed by atoms with Gasteiger partial charge in [-0.1, -0.05) is 18.2 Å². The molecule has 0 fully saturated rings. The molecule has 0 aliphatic rings. The number of guanidine groups is 1. The van der Waals surface area contributed by atoms with E-state index in [1.165, 1.54) is 10.9 Å². The Labute approximate surface area is 164 Å². The molecule has 1 aromatic carbocycles. The summed E-state index contributed by atoms with van der Waals surface area (Å²) in [4.78, 5) is 20.4. The second kappa shape index (κ2) is 10.1. The lowest BCUT2D eigenvalue weighted by Crippen LogP contribution is -2.38. The third-order valence-corrected chi connectivity index (χ3v) is 4.22. The highest BCUT2D eigenvalue weighted by Gasteiger charge is 2.04. The first-order chi connectivity index (χ1) is 13.8. The average molecular weight is 378 g/mol. The quantitative estimate of drug-likeness (QED) is 0.320. The molecule has 7 heteroatoms. The molecule has 0 saturated heterocycles. The minimum atomic E-state index is -0.177. The van der Waals surface area contributed by atoms with Crippen molar-refractivity contribution < 1.29 is 4.79 Å². The molecular formula is C21H26N6O. The number of aryl methyl sites for hydroxylation is 1. The lowest BCUT2D eigenvalue weighted by atomic mass is 10.2. The molecule has 146 valence electrons. The van der Waals surface area contributed by atoms with Gasteiger partial charge in [-0.25, -0.2) is 4.99 Å². The summed E-state index contributed by atoms with van der Waals surface area (Å²) in [5.74, 6) is 0.463. The predicted octanol–water partition coefficient (Wildman–Crippen LogP) is 2.62. The van der Waals surface area contributed by atoms with E-state index in [-0.39, 0.29) is 12.5 Å². The van der Waals surface area contributed by atoms with Gasteiger partial charge in [0.1, 0.15) is 6.54 Å². The SMILES string of the molecule is CCNC(=NCC(=O)Nc1cccnc1)NCCCn1ccc2ccccc21. The maximum Gasteiger partial charge on any atom is 0.246 e. The Kier molecular flexibility index (Phi) is 7.01. The number of hydrogen-bond donors (Lipinski definition) is 3. The monoisotopic (exact) mass is 378 g/mol. The molecule has 0 bridgehead atoms. The van der Waals surface area contributed by atoms with Gasteiger partial charge in [0.05, 0.1) is 11.9 Å². The number of anilines is 1. The molecule has 0 spiro atoms. The van der Waals surface area contributed by atoms with Gasteiger partial charge in [-0.05, 0) is 43.0 Å². The van der Waals surface area contributed by atoms with Crippen molar-refractivity contribution in [1.82, 2.24) is 20.2 Å². The largest absolute Gasteiger partial charge is 0.357 e. The van der Waals surface area contributed by atoms with E-state index in [1.54, 1.807) is 24.5 Å². The van der Waals surface area contributed by atoms with Crippen molar-refractivity contribution in [2.24, 2.45) is 4.99 Å². The average Bonchev–Trinajstić information content (AvgIpc) is 3.13. The molecule has 28 heavy (non-hydrogen) atoms. The van der Waals surface area contributed by atoms with Crippen molar-refractivity contribution in [3.63, 3.8) is 0 Å². The number of pyridine rings is 1. The van der Waals surface area contributed by atoms with E-state index in [0.717, 1.165) is 26.1 Å². The summed E-state index contributed by atoms with van der Waals surface area (Å²) >= 11 is 0. The van der Waals surface area contributed by atoms with E-state index in [9.17, 15) is 4.79 Å². The standard InChI is InChI=1S/C21H26N6O/c1-2-23-21(25-16-20(28)26-18-8-5-11-22-15-18)24-12-6-13-27-14-10-17-7-3-4-9-19(17)27/h3-5,7-11,14-15H,2,6,12-13,16H2,1H3,(H,26,28)(H2,23,24,25). The van der Waals surface area contributed by atoms with Crippen LogP contribution in [0.4, 0.5) is 5.69 Å². The van der Waals surface area contributed by atoms with Crippen LogP contribution in [0, 0.1) is 0 Å². The Morgan fingerprint density at radius 2 is 2.04 bits per heavy atom. The van der Waals surface area contributed by atoms with Gasteiger partial charge in [-0.2, -0.15) is 0 Å². The zero-order valence-corrected chi connectivity index (χ0v) is 16.1. The van der Waals surface area contributed by atoms with E-state index >= 15 is 0 Å². The van der Waals surface area contributed by atoms with E-state index < -0.39 is 0 Å². The number of hydrogen-bond acceptors (Lipinski definition) is 3. The second-order valence-corrected chi connectivity index (χ2v) is 6.33. The maximum absolute atomic E-state index is 12.0. The molecule has 7 nitrogen and oxygen atoms in total. The Hall–Kier alpha value is -3.35. The van der Waals surface area contributed by atoms with Gasteiger partial charge in [-0.3, -0.25) is 9.78 Å². The number of nitrogens with one attached hydrogen (secondary N) is 3. The minimum absolute atomic E-state index is 0.0481. The molecule has 0 aliphatic heterocycles. The van der Waals surface area contributed by atoms with Crippen LogP contribution in [-0.4, -0.2) is 41.1 Å². The summed E-state index contributed by atoms with van der Waals surface area (Å²) < 4.78 is 2.25. The van der Waals surface area contributed by atoms with Crippen molar-refractivity contribution >= 4 is 28.5 Å². The number of aliphatic imine (C=N–C) groups is 1. The molecule has 2 aromatic heterocycles. The summed E-state index contributed by atoms with van der Waals surface area (Å²) in [5, 5.41) is 10.5. The van der Waals surface area contributed by atoms with Crippen LogP contribution in [0.1, 0.15) is 13.3 Å². The van der Waals surface area contributed by atoms with Crippen LogP contribution in [0.2, 0.25) is 0 Å². The van der Waals surface area contributed by atoms with Gasteiger partial charge in [0, 0.05) is 37.5 Å². The molecule has 2 heterocycles. The fourth-order valence-electron chi connectivity index (χ4n) is 2.92. The lowest BCUT2D eigenvalue weighted by Gasteiger charge is -2.12. The number of carbonyl (C=O) groups excluding carboxylic acids is 1. The van der Waals surface area contributed by atoms with Gasteiger partial charge >= 0.3 is 0 Å². The summed E-state index contributed by atoms with van der Waals surface area (Å²) in [6.07, 6.45) is 6.34. The topological polar surface area (TPSA) is 83.3 Å². The second-order valence-electron chi connectivity index (χ2n) is 6.33. The van der Waals surface area contributed by atoms with E-state index in [4.69, 9.17) is 0 Å². The summed E-state index contributed by atoms with van der Waals surface area (Å²) in [7, 11) is 0. The molecule has 0 aliphatic carbocycles. The number of aromatic nitrogens is 2. The molecule has 0 unspecified atom stereocenters. The van der Waals surface area contributed by atoms with E-state index in [1.807, 2.05) is 6.92 Å². The highest BCUT2D eigenvalue weighted by molar-refractivity contribution is 5.93. The number of para-hydroxylation sites is 1.